The summed E-state index contributed by atoms with van der Waals surface area (Å²) in [4.78, 5) is 15.7. The Labute approximate surface area is 110 Å². The summed E-state index contributed by atoms with van der Waals surface area (Å²) >= 11 is 3.34. The number of hydrogen-bond acceptors (Lipinski definition) is 5. The minimum atomic E-state index is 0.115. The highest BCUT2D eigenvalue weighted by Crippen LogP contribution is 2.19. The van der Waals surface area contributed by atoms with Gasteiger partial charge >= 0.3 is 0 Å². The first-order valence-corrected chi connectivity index (χ1v) is 7.75. The van der Waals surface area contributed by atoms with Crippen LogP contribution in [0.15, 0.2) is 11.6 Å². The molecule has 0 bridgehead atoms. The molecule has 1 aromatic heterocycles. The van der Waals surface area contributed by atoms with Crippen LogP contribution in [0.5, 0.6) is 0 Å². The molecule has 2 N–H and O–H groups in total. The molecule has 1 aromatic rings. The minimum Gasteiger partial charge on any atom is -0.349 e. The Kier molecular flexibility index (Phi) is 5.28. The molecule has 0 saturated carbocycles. The van der Waals surface area contributed by atoms with Crippen LogP contribution < -0.4 is 10.6 Å². The van der Waals surface area contributed by atoms with E-state index >= 15 is 0 Å². The molecule has 1 fully saturated rings. The zero-order valence-corrected chi connectivity index (χ0v) is 11.3. The molecule has 4 nitrogen and oxygen atoms in total. The molecule has 1 aliphatic rings. The fraction of sp³-hybridized carbons (Fsp3) is 0.636. The maximum absolute atomic E-state index is 11.6. The summed E-state index contributed by atoms with van der Waals surface area (Å²) in [5.41, 5.74) is 0. The van der Waals surface area contributed by atoms with Gasteiger partial charge in [0.25, 0.3) is 0 Å². The maximum atomic E-state index is 11.6. The van der Waals surface area contributed by atoms with Crippen molar-refractivity contribution in [3.8, 4) is 0 Å². The Bertz CT molecular complexity index is 336. The highest BCUT2D eigenvalue weighted by molar-refractivity contribution is 8.00. The number of piperidine rings is 1. The van der Waals surface area contributed by atoms with Crippen molar-refractivity contribution in [3.63, 3.8) is 0 Å². The molecule has 0 unspecified atom stereocenters. The lowest BCUT2D eigenvalue weighted by atomic mass is 10.2. The quantitative estimate of drug-likeness (QED) is 0.846. The van der Waals surface area contributed by atoms with E-state index in [0.29, 0.717) is 17.5 Å². The Morgan fingerprint density at radius 1 is 1.59 bits per heavy atom. The minimum absolute atomic E-state index is 0.115. The zero-order chi connectivity index (χ0) is 11.9. The highest BCUT2D eigenvalue weighted by atomic mass is 32.2. The second-order valence-electron chi connectivity index (χ2n) is 3.96. The van der Waals surface area contributed by atoms with E-state index < -0.39 is 0 Å². The van der Waals surface area contributed by atoms with Gasteiger partial charge in [-0.3, -0.25) is 4.79 Å². The SMILES string of the molecule is O=C(CSC1CCNCC1)NCc1nccs1. The highest BCUT2D eigenvalue weighted by Gasteiger charge is 2.14. The smallest absolute Gasteiger partial charge is 0.230 e. The Morgan fingerprint density at radius 3 is 3.12 bits per heavy atom. The lowest BCUT2D eigenvalue weighted by molar-refractivity contribution is -0.118. The van der Waals surface area contributed by atoms with Gasteiger partial charge < -0.3 is 10.6 Å². The van der Waals surface area contributed by atoms with Crippen molar-refractivity contribution in [2.24, 2.45) is 0 Å². The van der Waals surface area contributed by atoms with Gasteiger partial charge in [-0.15, -0.1) is 23.1 Å². The molecule has 0 radical (unpaired) electrons. The van der Waals surface area contributed by atoms with E-state index in [1.165, 1.54) is 12.8 Å². The molecule has 2 rings (SSSR count). The Morgan fingerprint density at radius 2 is 2.41 bits per heavy atom. The summed E-state index contributed by atoms with van der Waals surface area (Å²) in [7, 11) is 0. The van der Waals surface area contributed by atoms with Crippen molar-refractivity contribution in [2.75, 3.05) is 18.8 Å². The van der Waals surface area contributed by atoms with Crippen LogP contribution in [0.4, 0.5) is 0 Å². The van der Waals surface area contributed by atoms with Crippen molar-refractivity contribution >= 4 is 29.0 Å². The van der Waals surface area contributed by atoms with E-state index in [-0.39, 0.29) is 5.91 Å². The summed E-state index contributed by atoms with van der Waals surface area (Å²) in [5, 5.41) is 9.75. The largest absolute Gasteiger partial charge is 0.349 e. The van der Waals surface area contributed by atoms with Gasteiger partial charge in [0.15, 0.2) is 0 Å². The molecule has 2 heterocycles. The van der Waals surface area contributed by atoms with Gasteiger partial charge in [0.1, 0.15) is 5.01 Å². The number of carbonyl (C=O) groups is 1. The first-order chi connectivity index (χ1) is 8.34. The van der Waals surface area contributed by atoms with E-state index in [2.05, 4.69) is 15.6 Å². The van der Waals surface area contributed by atoms with Crippen LogP contribution in [0.25, 0.3) is 0 Å². The summed E-state index contributed by atoms with van der Waals surface area (Å²) in [6.45, 7) is 2.72. The van der Waals surface area contributed by atoms with Crippen LogP contribution in [0, 0.1) is 0 Å². The van der Waals surface area contributed by atoms with Gasteiger partial charge in [-0.25, -0.2) is 4.98 Å². The van der Waals surface area contributed by atoms with Gasteiger partial charge in [0, 0.05) is 16.8 Å². The standard InChI is InChI=1S/C11H17N3OS2/c15-10(14-7-11-13-5-6-16-11)8-17-9-1-3-12-4-2-9/h5-6,9,12H,1-4,7-8H2,(H,14,15). The van der Waals surface area contributed by atoms with Gasteiger partial charge in [-0.1, -0.05) is 0 Å². The molecule has 0 aliphatic carbocycles. The Balaban J connectivity index is 1.60. The van der Waals surface area contributed by atoms with Crippen LogP contribution in [-0.4, -0.2) is 35.0 Å². The summed E-state index contributed by atoms with van der Waals surface area (Å²) in [6, 6.07) is 0. The number of thioether (sulfide) groups is 1. The molecule has 0 spiro atoms. The number of amides is 1. The second kappa shape index (κ2) is 6.98. The first-order valence-electron chi connectivity index (χ1n) is 5.82. The lowest BCUT2D eigenvalue weighted by Gasteiger charge is -2.21. The third-order valence-electron chi connectivity index (χ3n) is 2.66. The average Bonchev–Trinajstić information content (AvgIpc) is 2.88. The van der Waals surface area contributed by atoms with Crippen molar-refractivity contribution in [1.82, 2.24) is 15.6 Å². The van der Waals surface area contributed by atoms with E-state index in [9.17, 15) is 4.79 Å². The topological polar surface area (TPSA) is 54.0 Å². The zero-order valence-electron chi connectivity index (χ0n) is 9.65. The molecule has 1 amide bonds. The maximum Gasteiger partial charge on any atom is 0.230 e. The first kappa shape index (κ1) is 12.9. The van der Waals surface area contributed by atoms with Gasteiger partial charge in [0.2, 0.25) is 5.91 Å². The number of hydrogen-bond donors (Lipinski definition) is 2. The number of carbonyl (C=O) groups excluding carboxylic acids is 1. The van der Waals surface area contributed by atoms with E-state index in [0.717, 1.165) is 18.1 Å². The van der Waals surface area contributed by atoms with Crippen LogP contribution in [0.1, 0.15) is 17.8 Å². The van der Waals surface area contributed by atoms with Crippen molar-refractivity contribution in [1.29, 1.82) is 0 Å². The summed E-state index contributed by atoms with van der Waals surface area (Å²) in [5.74, 6) is 0.680. The van der Waals surface area contributed by atoms with Gasteiger partial charge in [-0.05, 0) is 25.9 Å². The third-order valence-corrected chi connectivity index (χ3v) is 4.81. The van der Waals surface area contributed by atoms with Crippen molar-refractivity contribution in [3.05, 3.63) is 16.6 Å². The van der Waals surface area contributed by atoms with Crippen LogP contribution in [0.3, 0.4) is 0 Å². The summed E-state index contributed by atoms with van der Waals surface area (Å²) in [6.07, 6.45) is 4.10. The van der Waals surface area contributed by atoms with Crippen LogP contribution >= 0.6 is 23.1 Å². The molecular weight excluding hydrogens is 254 g/mol. The number of aromatic nitrogens is 1. The average molecular weight is 271 g/mol. The second-order valence-corrected chi connectivity index (χ2v) is 6.23. The number of rotatable bonds is 5. The molecule has 6 heteroatoms. The molecule has 1 saturated heterocycles. The van der Waals surface area contributed by atoms with E-state index in [1.807, 2.05) is 5.38 Å². The fourth-order valence-corrected chi connectivity index (χ4v) is 3.34. The Hall–Kier alpha value is -0.590. The fourth-order valence-electron chi connectivity index (χ4n) is 1.72. The number of thiazole rings is 1. The molecular formula is C11H17N3OS2. The predicted octanol–water partition coefficient (Wildman–Crippen LogP) is 1.24. The molecule has 94 valence electrons. The molecule has 0 aromatic carbocycles. The van der Waals surface area contributed by atoms with Crippen LogP contribution in [-0.2, 0) is 11.3 Å². The van der Waals surface area contributed by atoms with Crippen molar-refractivity contribution in [2.45, 2.75) is 24.6 Å². The predicted molar refractivity (Wildman–Crippen MR) is 72.3 cm³/mol. The van der Waals surface area contributed by atoms with Crippen LogP contribution in [0.2, 0.25) is 0 Å². The lowest BCUT2D eigenvalue weighted by Crippen LogP contribution is -2.31. The third kappa shape index (κ3) is 4.65. The van der Waals surface area contributed by atoms with Crippen molar-refractivity contribution < 1.29 is 4.79 Å². The molecule has 0 atom stereocenters. The van der Waals surface area contributed by atoms with Gasteiger partial charge in [0.05, 0.1) is 12.3 Å². The number of nitrogens with one attached hydrogen (secondary N) is 2. The number of nitrogens with zero attached hydrogens (tertiary/aromatic N) is 1. The molecule has 1 aliphatic heterocycles. The van der Waals surface area contributed by atoms with E-state index in [1.54, 1.807) is 29.3 Å². The monoisotopic (exact) mass is 271 g/mol. The molecule has 17 heavy (non-hydrogen) atoms. The normalized spacial score (nSPS) is 16.9. The van der Waals surface area contributed by atoms with Gasteiger partial charge in [-0.2, -0.15) is 0 Å². The van der Waals surface area contributed by atoms with E-state index in [4.69, 9.17) is 0 Å². The summed E-state index contributed by atoms with van der Waals surface area (Å²) < 4.78 is 0.